The van der Waals surface area contributed by atoms with Gasteiger partial charge in [-0.2, -0.15) is 0 Å². The molecule has 0 heterocycles. The first-order chi connectivity index (χ1) is 11.3. The average molecular weight is 390 g/mol. The predicted molar refractivity (Wildman–Crippen MR) is 82.4 cm³/mol. The predicted octanol–water partition coefficient (Wildman–Crippen LogP) is -6.53. The second-order valence-corrected chi connectivity index (χ2v) is 6.13. The summed E-state index contributed by atoms with van der Waals surface area (Å²) in [7, 11) is 0. The van der Waals surface area contributed by atoms with Crippen LogP contribution in [0.3, 0.4) is 0 Å². The van der Waals surface area contributed by atoms with Crippen molar-refractivity contribution in [1.82, 2.24) is 0 Å². The zero-order valence-corrected chi connectivity index (χ0v) is 20.3. The molecule has 0 fully saturated rings. The molecule has 140 valence electrons. The molecule has 0 saturated carbocycles. The Kier molecular flexibility index (Phi) is 21.2. The number of aliphatic carboxylic acids is 2. The van der Waals surface area contributed by atoms with Gasteiger partial charge < -0.3 is 30.0 Å². The van der Waals surface area contributed by atoms with Crippen LogP contribution in [0.25, 0.3) is 0 Å². The van der Waals surface area contributed by atoms with Crippen molar-refractivity contribution in [3.05, 3.63) is 0 Å². The van der Waals surface area contributed by atoms with Gasteiger partial charge in [-0.05, 0) is 6.42 Å². The van der Waals surface area contributed by atoms with Crippen molar-refractivity contribution in [2.45, 2.75) is 89.3 Å². The van der Waals surface area contributed by atoms with Gasteiger partial charge in [0.1, 0.15) is 6.10 Å². The van der Waals surface area contributed by atoms with Gasteiger partial charge in [0.15, 0.2) is 11.4 Å². The van der Waals surface area contributed by atoms with Gasteiger partial charge in [0.25, 0.3) is 0 Å². The minimum atomic E-state index is -3.46. The molecule has 2 unspecified atom stereocenters. The Morgan fingerprint density at radius 1 is 0.846 bits per heavy atom. The zero-order chi connectivity index (χ0) is 18.6. The van der Waals surface area contributed by atoms with Gasteiger partial charge in [0.2, 0.25) is 0 Å². The maximum atomic E-state index is 11.8. The number of carbonyl (C=O) groups excluding carboxylic acids is 3. The molecule has 0 saturated heterocycles. The summed E-state index contributed by atoms with van der Waals surface area (Å²) in [6.45, 7) is 2.16. The van der Waals surface area contributed by atoms with Gasteiger partial charge in [-0.25, -0.2) is 0 Å². The molecule has 0 aliphatic carbocycles. The third-order valence-corrected chi connectivity index (χ3v) is 4.11. The van der Waals surface area contributed by atoms with E-state index >= 15 is 0 Å². The number of carboxylic acid groups (broad SMARTS) is 2. The standard InChI is InChI=1S/C17H30O7.2Na/c1-2-3-4-5-6-7-8-9-10-11-12-13(18)17(24,16(22)23)14(19)15(20)21;;/h14,19,24H,2-12H2,1H3,(H,20,21)(H,22,23);;/q;2*+1/p-2. The van der Waals surface area contributed by atoms with Crippen molar-refractivity contribution < 1.29 is 93.9 Å². The number of Topliss-reactive ketones (excluding diaryl/α,β-unsaturated/α-hetero) is 1. The van der Waals surface area contributed by atoms with Gasteiger partial charge in [-0.15, -0.1) is 0 Å². The second-order valence-electron chi connectivity index (χ2n) is 6.13. The number of aliphatic hydroxyl groups is 2. The Balaban J connectivity index is -0.00000264. The normalized spacial score (nSPS) is 13.7. The fourth-order valence-corrected chi connectivity index (χ4v) is 2.51. The molecule has 0 radical (unpaired) electrons. The fourth-order valence-electron chi connectivity index (χ4n) is 2.51. The molecule has 0 spiro atoms. The van der Waals surface area contributed by atoms with Crippen LogP contribution in [-0.4, -0.2) is 39.6 Å². The van der Waals surface area contributed by atoms with E-state index in [2.05, 4.69) is 6.92 Å². The number of unbranched alkanes of at least 4 members (excludes halogenated alkanes) is 9. The number of rotatable bonds is 15. The molecule has 0 amide bonds. The monoisotopic (exact) mass is 390 g/mol. The molecule has 0 aromatic carbocycles. The summed E-state index contributed by atoms with van der Waals surface area (Å²) in [6.07, 6.45) is 6.84. The van der Waals surface area contributed by atoms with Crippen LogP contribution < -0.4 is 69.3 Å². The van der Waals surface area contributed by atoms with Crippen LogP contribution in [0.1, 0.15) is 77.6 Å². The molecule has 2 atom stereocenters. The van der Waals surface area contributed by atoms with Gasteiger partial charge in [0.05, 0.1) is 11.9 Å². The van der Waals surface area contributed by atoms with E-state index in [4.69, 9.17) is 0 Å². The van der Waals surface area contributed by atoms with Crippen molar-refractivity contribution in [3.63, 3.8) is 0 Å². The summed E-state index contributed by atoms with van der Waals surface area (Å²) in [5.41, 5.74) is -3.46. The van der Waals surface area contributed by atoms with Gasteiger partial charge in [-0.1, -0.05) is 64.7 Å². The van der Waals surface area contributed by atoms with Crippen molar-refractivity contribution in [3.8, 4) is 0 Å². The number of carboxylic acids is 2. The minimum Gasteiger partial charge on any atom is -0.547 e. The van der Waals surface area contributed by atoms with Crippen LogP contribution in [0.15, 0.2) is 0 Å². The molecule has 26 heavy (non-hydrogen) atoms. The molecule has 9 heteroatoms. The van der Waals surface area contributed by atoms with E-state index in [9.17, 15) is 34.8 Å². The number of carbonyl (C=O) groups is 3. The van der Waals surface area contributed by atoms with E-state index in [1.807, 2.05) is 0 Å². The van der Waals surface area contributed by atoms with E-state index in [-0.39, 0.29) is 65.5 Å². The molecule has 0 aliphatic heterocycles. The summed E-state index contributed by atoms with van der Waals surface area (Å²) >= 11 is 0. The van der Waals surface area contributed by atoms with Gasteiger partial charge in [-0.3, -0.25) is 4.79 Å². The third-order valence-electron chi connectivity index (χ3n) is 4.11. The Morgan fingerprint density at radius 2 is 1.23 bits per heavy atom. The first kappa shape index (κ1) is 31.2. The quantitative estimate of drug-likeness (QED) is 0.161. The fraction of sp³-hybridized carbons (Fsp3) is 0.824. The van der Waals surface area contributed by atoms with Crippen LogP contribution in [0, 0.1) is 0 Å². The topological polar surface area (TPSA) is 138 Å². The molecule has 0 aromatic rings. The van der Waals surface area contributed by atoms with Crippen LogP contribution in [0.4, 0.5) is 0 Å². The average Bonchev–Trinajstić information content (AvgIpc) is 2.54. The van der Waals surface area contributed by atoms with Gasteiger partial charge in [0, 0.05) is 6.42 Å². The molecule has 0 aromatic heterocycles. The molecule has 7 nitrogen and oxygen atoms in total. The number of hydrogen-bond donors (Lipinski definition) is 2. The summed E-state index contributed by atoms with van der Waals surface area (Å²) in [5, 5.41) is 40.2. The van der Waals surface area contributed by atoms with Crippen molar-refractivity contribution >= 4 is 17.7 Å². The van der Waals surface area contributed by atoms with E-state index in [1.165, 1.54) is 32.1 Å². The van der Waals surface area contributed by atoms with Crippen LogP contribution >= 0.6 is 0 Å². The first-order valence-electron chi connectivity index (χ1n) is 8.64. The second kappa shape index (κ2) is 17.6. The van der Waals surface area contributed by atoms with E-state index in [0.29, 0.717) is 12.8 Å². The number of aliphatic hydroxyl groups excluding tert-OH is 1. The number of hydrogen-bond acceptors (Lipinski definition) is 7. The molecule has 2 N–H and O–H groups in total. The maximum Gasteiger partial charge on any atom is 1.00 e. The Morgan fingerprint density at radius 3 is 1.58 bits per heavy atom. The van der Waals surface area contributed by atoms with Crippen LogP contribution in [0.5, 0.6) is 0 Å². The van der Waals surface area contributed by atoms with Gasteiger partial charge >= 0.3 is 59.1 Å². The van der Waals surface area contributed by atoms with Crippen LogP contribution in [0.2, 0.25) is 0 Å². The van der Waals surface area contributed by atoms with E-state index in [1.54, 1.807) is 0 Å². The number of ketones is 1. The van der Waals surface area contributed by atoms with E-state index in [0.717, 1.165) is 19.3 Å². The molecule has 0 bridgehead atoms. The SMILES string of the molecule is CCCCCCCCCCCCC(=O)C(O)(C(=O)[O-])C(O)C(=O)[O-].[Na+].[Na+]. The minimum absolute atomic E-state index is 0. The third kappa shape index (κ3) is 11.4. The van der Waals surface area contributed by atoms with Crippen molar-refractivity contribution in [2.24, 2.45) is 0 Å². The first-order valence-corrected chi connectivity index (χ1v) is 8.64. The summed E-state index contributed by atoms with van der Waals surface area (Å²) in [4.78, 5) is 33.2. The van der Waals surface area contributed by atoms with Crippen molar-refractivity contribution in [1.29, 1.82) is 0 Å². The van der Waals surface area contributed by atoms with Crippen molar-refractivity contribution in [2.75, 3.05) is 0 Å². The summed E-state index contributed by atoms with van der Waals surface area (Å²) in [6, 6.07) is 0. The smallest absolute Gasteiger partial charge is 0.547 e. The molecular formula is C17H28Na2O7. The summed E-state index contributed by atoms with van der Waals surface area (Å²) < 4.78 is 0. The Labute approximate surface area is 199 Å². The molecular weight excluding hydrogens is 362 g/mol. The molecule has 0 aliphatic rings. The van der Waals surface area contributed by atoms with Crippen LogP contribution in [-0.2, 0) is 14.4 Å². The Hall–Kier alpha value is 0.530. The molecule has 0 rings (SSSR count). The Bertz CT molecular complexity index is 418. The zero-order valence-electron chi connectivity index (χ0n) is 16.3. The van der Waals surface area contributed by atoms with E-state index < -0.39 is 29.4 Å². The maximum absolute atomic E-state index is 11.8. The summed E-state index contributed by atoms with van der Waals surface area (Å²) in [5.74, 6) is -5.85. The largest absolute Gasteiger partial charge is 1.00 e.